The Morgan fingerprint density at radius 3 is 2.18 bits per heavy atom. The number of nitrogens with one attached hydrogen (secondary N) is 4. The van der Waals surface area contributed by atoms with E-state index in [1.807, 2.05) is 0 Å². The van der Waals surface area contributed by atoms with Crippen molar-refractivity contribution < 1.29 is 41.9 Å². The van der Waals surface area contributed by atoms with Crippen LogP contribution in [0.4, 0.5) is 15.3 Å². The zero-order valence-electron chi connectivity index (χ0n) is 32.4. The Balaban J connectivity index is 1.40. The number of carbonyl (C=O) groups excluding carboxylic acids is 5. The van der Waals surface area contributed by atoms with Crippen LogP contribution in [0.25, 0.3) is 0 Å². The number of likely N-dealkylation sites (tertiary alicyclic amines) is 1. The molecule has 302 valence electrons. The molecule has 5 rings (SSSR count). The summed E-state index contributed by atoms with van der Waals surface area (Å²) >= 11 is 0. The number of alkyl carbamates (subject to hydrolysis) is 1. The molecule has 56 heavy (non-hydrogen) atoms. The fourth-order valence-corrected chi connectivity index (χ4v) is 8.07. The predicted molar refractivity (Wildman–Crippen MR) is 206 cm³/mol. The highest BCUT2D eigenvalue weighted by Gasteiger charge is 2.62. The van der Waals surface area contributed by atoms with Gasteiger partial charge in [-0.05, 0) is 57.1 Å². The summed E-state index contributed by atoms with van der Waals surface area (Å²) in [4.78, 5) is 81.7. The summed E-state index contributed by atoms with van der Waals surface area (Å²) in [5.41, 5.74) is -2.18. The zero-order valence-corrected chi connectivity index (χ0v) is 33.2. The van der Waals surface area contributed by atoms with Gasteiger partial charge in [-0.1, -0.05) is 80.6 Å². The number of carbonyl (C=O) groups is 5. The second-order valence-electron chi connectivity index (χ2n) is 16.5. The molecule has 0 aromatic heterocycles. The third-order valence-corrected chi connectivity index (χ3v) is 11.7. The van der Waals surface area contributed by atoms with Crippen LogP contribution in [0.5, 0.6) is 0 Å². The van der Waals surface area contributed by atoms with Crippen LogP contribution in [0.3, 0.4) is 0 Å². The highest BCUT2D eigenvalue weighted by Crippen LogP contribution is 2.45. The number of nitroso groups, excluding NO2 is 1. The average Bonchev–Trinajstić information content (AvgIpc) is 4.04. The third kappa shape index (κ3) is 9.72. The lowest BCUT2D eigenvalue weighted by Gasteiger charge is -2.36. The Hall–Kier alpha value is -5.32. The van der Waals surface area contributed by atoms with Gasteiger partial charge in [0.25, 0.3) is 5.91 Å². The van der Waals surface area contributed by atoms with Crippen LogP contribution in [0.15, 0.2) is 72.4 Å². The molecular weight excluding hydrogens is 745 g/mol. The SMILES string of the molecule is C=CC1C[C@]1(NC(=O)[C@@H]1C[C@@H](OC(=O)Nc2ccccc2C(N=O)c2ccccc2)CN1C(=O)[C@@H](NC(=O)OC(C)(C)C)C(C)(C)C)C(=O)NS(=O)(=O)C1CC1. The van der Waals surface area contributed by atoms with E-state index in [1.54, 1.807) is 96.1 Å². The first-order valence-corrected chi connectivity index (χ1v) is 20.0. The van der Waals surface area contributed by atoms with Crippen molar-refractivity contribution in [3.63, 3.8) is 0 Å². The number of anilines is 1. The van der Waals surface area contributed by atoms with Gasteiger partial charge in [0.15, 0.2) is 0 Å². The maximum absolute atomic E-state index is 14.4. The minimum atomic E-state index is -3.96. The lowest BCUT2D eigenvalue weighted by molar-refractivity contribution is -0.143. The fraction of sp³-hybridized carbons (Fsp3) is 0.513. The van der Waals surface area contributed by atoms with Gasteiger partial charge in [0.1, 0.15) is 35.4 Å². The van der Waals surface area contributed by atoms with Crippen LogP contribution in [0.2, 0.25) is 0 Å². The van der Waals surface area contributed by atoms with Crippen molar-refractivity contribution in [1.82, 2.24) is 20.3 Å². The number of para-hydroxylation sites is 1. The maximum Gasteiger partial charge on any atom is 0.411 e. The summed E-state index contributed by atoms with van der Waals surface area (Å²) in [6.07, 6.45) is -0.736. The highest BCUT2D eigenvalue weighted by atomic mass is 32.2. The molecule has 4 N–H and O–H groups in total. The lowest BCUT2D eigenvalue weighted by atomic mass is 9.85. The molecule has 2 aromatic carbocycles. The van der Waals surface area contributed by atoms with Crippen LogP contribution in [-0.2, 0) is 33.9 Å². The molecule has 0 spiro atoms. The van der Waals surface area contributed by atoms with Crippen LogP contribution >= 0.6 is 0 Å². The van der Waals surface area contributed by atoms with Crippen LogP contribution in [0, 0.1) is 16.2 Å². The Kier molecular flexibility index (Phi) is 12.0. The maximum atomic E-state index is 14.4. The Morgan fingerprint density at radius 1 is 0.964 bits per heavy atom. The molecule has 1 heterocycles. The number of sulfonamides is 1. The Morgan fingerprint density at radius 2 is 1.61 bits per heavy atom. The first kappa shape index (κ1) is 41.8. The van der Waals surface area contributed by atoms with Crippen molar-refractivity contribution in [1.29, 1.82) is 0 Å². The molecule has 2 unspecified atom stereocenters. The molecule has 16 nitrogen and oxygen atoms in total. The van der Waals surface area contributed by atoms with Crippen LogP contribution in [-0.4, -0.2) is 84.3 Å². The van der Waals surface area contributed by atoms with E-state index in [1.165, 1.54) is 11.0 Å². The van der Waals surface area contributed by atoms with E-state index in [9.17, 15) is 37.3 Å². The smallest absolute Gasteiger partial charge is 0.411 e. The standard InChI is InChI=1S/C39H50N6O10S/c1-8-24-21-39(24,34(48)44-56(52,53)26-18-19-26)42-32(46)29-20-25(22-45(29)33(47)31(37(2,3)4)41-36(50)55-38(5,6)7)54-35(49)40-28-17-13-12-16-27(28)30(43-51)23-14-10-9-11-15-23/h8-17,24-26,29-31H,1,18-22H2,2-7H3,(H,40,49)(H,41,50)(H,42,46)(H,44,48)/t24?,25-,29+,30?,31-,39-/m1/s1. The summed E-state index contributed by atoms with van der Waals surface area (Å²) < 4.78 is 38.7. The normalized spacial score (nSPS) is 23.1. The van der Waals surface area contributed by atoms with Crippen molar-refractivity contribution in [3.8, 4) is 0 Å². The molecule has 3 aliphatic rings. The minimum absolute atomic E-state index is 0.0705. The third-order valence-electron chi connectivity index (χ3n) is 9.86. The number of amides is 5. The number of nitrogens with zero attached hydrogens (tertiary/aromatic N) is 2. The van der Waals surface area contributed by atoms with E-state index in [4.69, 9.17) is 9.47 Å². The quantitative estimate of drug-likeness (QED) is 0.162. The topological polar surface area (TPSA) is 219 Å². The summed E-state index contributed by atoms with van der Waals surface area (Å²) in [6, 6.07) is 11.9. The van der Waals surface area contributed by atoms with Crippen LogP contribution in [0.1, 0.15) is 84.4 Å². The highest BCUT2D eigenvalue weighted by molar-refractivity contribution is 7.91. The van der Waals surface area contributed by atoms with Gasteiger partial charge in [0, 0.05) is 23.6 Å². The average molecular weight is 795 g/mol. The number of rotatable bonds is 13. The first-order valence-electron chi connectivity index (χ1n) is 18.4. The van der Waals surface area contributed by atoms with Crippen molar-refractivity contribution >= 4 is 45.6 Å². The second-order valence-corrected chi connectivity index (χ2v) is 18.5. The van der Waals surface area contributed by atoms with Gasteiger partial charge in [0.05, 0.1) is 11.8 Å². The monoisotopic (exact) mass is 794 g/mol. The van der Waals surface area contributed by atoms with Crippen molar-refractivity contribution in [2.45, 2.75) is 108 Å². The van der Waals surface area contributed by atoms with E-state index in [0.717, 1.165) is 0 Å². The van der Waals surface area contributed by atoms with Gasteiger partial charge >= 0.3 is 12.2 Å². The summed E-state index contributed by atoms with van der Waals surface area (Å²) in [5.74, 6) is -3.00. The van der Waals surface area contributed by atoms with Gasteiger partial charge in [-0.25, -0.2) is 18.0 Å². The molecular formula is C39H50N6O10S. The van der Waals surface area contributed by atoms with E-state index in [0.29, 0.717) is 24.0 Å². The molecule has 0 bridgehead atoms. The van der Waals surface area contributed by atoms with Gasteiger partial charge < -0.3 is 25.0 Å². The van der Waals surface area contributed by atoms with E-state index in [2.05, 4.69) is 32.4 Å². The van der Waals surface area contributed by atoms with E-state index < -0.39 is 91.9 Å². The minimum Gasteiger partial charge on any atom is -0.444 e. The summed E-state index contributed by atoms with van der Waals surface area (Å²) in [6.45, 7) is 13.6. The Bertz CT molecular complexity index is 1970. The molecule has 17 heteroatoms. The number of ether oxygens (including phenoxy) is 2. The molecule has 6 atom stereocenters. The molecule has 0 radical (unpaired) electrons. The van der Waals surface area contributed by atoms with Crippen LogP contribution < -0.4 is 20.7 Å². The van der Waals surface area contributed by atoms with Gasteiger partial charge in [0.2, 0.25) is 21.8 Å². The second kappa shape index (κ2) is 16.0. The predicted octanol–water partition coefficient (Wildman–Crippen LogP) is 4.67. The first-order chi connectivity index (χ1) is 26.2. The molecule has 2 aliphatic carbocycles. The largest absolute Gasteiger partial charge is 0.444 e. The van der Waals surface area contributed by atoms with Crippen molar-refractivity contribution in [2.75, 3.05) is 11.9 Å². The number of benzene rings is 2. The summed E-state index contributed by atoms with van der Waals surface area (Å²) in [7, 11) is -3.96. The number of hydrogen-bond donors (Lipinski definition) is 4. The molecule has 2 aromatic rings. The van der Waals surface area contributed by atoms with Crippen molar-refractivity contribution in [3.05, 3.63) is 83.3 Å². The molecule has 5 amide bonds. The Labute approximate surface area is 326 Å². The molecule has 2 saturated carbocycles. The van der Waals surface area contributed by atoms with Gasteiger partial charge in [-0.3, -0.25) is 24.4 Å². The lowest BCUT2D eigenvalue weighted by Crippen LogP contribution is -2.60. The van der Waals surface area contributed by atoms with E-state index >= 15 is 0 Å². The van der Waals surface area contributed by atoms with Gasteiger partial charge in [-0.2, -0.15) is 0 Å². The molecule has 1 aliphatic heterocycles. The molecule has 1 saturated heterocycles. The van der Waals surface area contributed by atoms with Gasteiger partial charge in [-0.15, -0.1) is 11.5 Å². The summed E-state index contributed by atoms with van der Waals surface area (Å²) in [5, 5.41) is 10.6. The van der Waals surface area contributed by atoms with E-state index in [-0.39, 0.29) is 25.1 Å². The van der Waals surface area contributed by atoms with Crippen molar-refractivity contribution in [2.24, 2.45) is 16.5 Å². The number of hydrogen-bond acceptors (Lipinski definition) is 11. The molecule has 3 fully saturated rings. The fourth-order valence-electron chi connectivity index (χ4n) is 6.71. The zero-order chi connectivity index (χ0) is 41.2.